The molecule has 6 aromatic rings. The summed E-state index contributed by atoms with van der Waals surface area (Å²) in [5.74, 6) is 3.46. The van der Waals surface area contributed by atoms with Crippen LogP contribution in [0.25, 0.3) is 48.6 Å². The Morgan fingerprint density at radius 2 is 0.385 bits per heavy atom. The molecule has 0 aliphatic heterocycles. The zero-order chi connectivity index (χ0) is 54.9. The summed E-state index contributed by atoms with van der Waals surface area (Å²) in [7, 11) is -14.6. The molecule has 0 heterocycles. The largest absolute Gasteiger partial charge is 0 e. The summed E-state index contributed by atoms with van der Waals surface area (Å²) in [6, 6.07) is 48.7. The Hall–Kier alpha value is -4.89. The molecule has 0 saturated heterocycles. The predicted octanol–water partition coefficient (Wildman–Crippen LogP) is 21.1. The van der Waals surface area contributed by atoms with Gasteiger partial charge in [-0.3, -0.25) is 0 Å². The molecule has 0 unspecified atom stereocenters. The molecule has 4 nitrogen and oxygen atoms in total. The predicted molar refractivity (Wildman–Crippen MR) is 284 cm³/mol. The molecule has 0 aromatic heterocycles. The normalized spacial score (nSPS) is 13.2. The zero-order valence-corrected chi connectivity index (χ0v) is 49.4. The van der Waals surface area contributed by atoms with Crippen LogP contribution < -0.4 is 18.9 Å². The van der Waals surface area contributed by atoms with E-state index in [1.54, 1.807) is 28.4 Å². The summed E-state index contributed by atoms with van der Waals surface area (Å²) in [4.78, 5) is 0. The fourth-order valence-corrected chi connectivity index (χ4v) is 5.79. The number of hydrogen-bond donors (Lipinski definition) is 0. The maximum atomic E-state index is 9.87. The first kappa shape index (κ1) is 75.2. The van der Waals surface area contributed by atoms with Crippen LogP contribution in [0.15, 0.2) is 194 Å². The van der Waals surface area contributed by atoms with Gasteiger partial charge < -0.3 is 18.9 Å². The molecule has 0 amide bonds. The average Bonchev–Trinajstić information content (AvgIpc) is 3.34. The Bertz CT molecular complexity index is 2550. The third kappa shape index (κ3) is 40.3. The van der Waals surface area contributed by atoms with Crippen molar-refractivity contribution < 1.29 is 151 Å². The number of ether oxygens (including phenoxy) is 4. The van der Waals surface area contributed by atoms with Crippen LogP contribution in [0.3, 0.4) is 0 Å². The van der Waals surface area contributed by atoms with Gasteiger partial charge in [-0.25, -0.2) is 0 Å². The van der Waals surface area contributed by atoms with Crippen molar-refractivity contribution >= 4 is 64.2 Å². The smallest absolute Gasteiger partial charge is 0 e. The zero-order valence-electron chi connectivity index (χ0n) is 41.4. The van der Waals surface area contributed by atoms with Crippen LogP contribution in [0.5, 0.6) is 23.0 Å². The van der Waals surface area contributed by atoms with E-state index in [0.29, 0.717) is 0 Å². The van der Waals surface area contributed by atoms with Gasteiger partial charge in [0, 0.05) is 81.7 Å². The molecule has 0 aliphatic carbocycles. The first-order valence-corrected chi connectivity index (χ1v) is 25.8. The Morgan fingerprint density at radius 3 is 0.526 bits per heavy atom. The molecule has 0 radical (unpaired) electrons. The van der Waals surface area contributed by atoms with E-state index in [1.165, 1.54) is 22.3 Å². The third-order valence-electron chi connectivity index (χ3n) is 9.16. The van der Waals surface area contributed by atoms with Gasteiger partial charge in [-0.15, -0.1) is 0 Å². The van der Waals surface area contributed by atoms with E-state index in [4.69, 9.17) is 18.9 Å². The van der Waals surface area contributed by atoms with Gasteiger partial charge in [0.25, 0.3) is 0 Å². The first-order valence-electron chi connectivity index (χ1n) is 21.7. The average molecular weight is 1500 g/mol. The maximum absolute atomic E-state index is 10.7. The summed E-state index contributed by atoms with van der Waals surface area (Å²) in [5, 5.41) is 0. The van der Waals surface area contributed by atoms with Crippen molar-refractivity contribution in [3.05, 3.63) is 239 Å². The molecule has 6 rings (SSSR count). The van der Waals surface area contributed by atoms with Crippen LogP contribution >= 0.6 is 15.6 Å². The van der Waals surface area contributed by atoms with E-state index in [9.17, 15) is 50.4 Å². The number of allylic oxidation sites excluding steroid dienone is 8. The second-order valence-corrected chi connectivity index (χ2v) is 19.0. The summed E-state index contributed by atoms with van der Waals surface area (Å²) < 4.78 is 139. The summed E-state index contributed by atoms with van der Waals surface area (Å²) in [6.07, 6.45) is 33.2. The van der Waals surface area contributed by atoms with Crippen molar-refractivity contribution in [3.8, 4) is 23.0 Å². The molecular formula is C56H52F12O4P2Pd4-2. The van der Waals surface area contributed by atoms with E-state index < -0.39 is 15.6 Å². The van der Waals surface area contributed by atoms with Crippen LogP contribution in [0, 0.1) is 0 Å². The molecule has 22 heteroatoms. The second kappa shape index (κ2) is 33.0. The van der Waals surface area contributed by atoms with Crippen LogP contribution in [0.1, 0.15) is 44.5 Å². The van der Waals surface area contributed by atoms with Crippen molar-refractivity contribution in [2.45, 2.75) is 0 Å². The maximum Gasteiger partial charge on any atom is 0 e. The van der Waals surface area contributed by atoms with E-state index in [2.05, 4.69) is 121 Å². The Morgan fingerprint density at radius 1 is 0.244 bits per heavy atom. The SMILES string of the molecule is COc1ccc(/C=C/C=C/c2ccccc2/C=C/C=C/c2ccc(OC)cc2)cc1.COc1ccc(/C=C/C=C/c2ccccc2/C=C/C=C/c2ccc(OC)cc2)cc1.F[P-](F)(F)(F)(F)F.F[P-](F)(F)(F)(F)F.[Pd].[Pd].[Pd].[Pd]. The van der Waals surface area contributed by atoms with E-state index in [0.717, 1.165) is 45.3 Å². The number of hydrogen-bond acceptors (Lipinski definition) is 4. The van der Waals surface area contributed by atoms with Gasteiger partial charge in [-0.2, -0.15) is 0 Å². The molecule has 78 heavy (non-hydrogen) atoms. The fourth-order valence-electron chi connectivity index (χ4n) is 5.79. The topological polar surface area (TPSA) is 36.9 Å². The second-order valence-electron chi connectivity index (χ2n) is 15.1. The van der Waals surface area contributed by atoms with Crippen molar-refractivity contribution in [2.24, 2.45) is 0 Å². The molecule has 0 atom stereocenters. The van der Waals surface area contributed by atoms with Crippen LogP contribution in [-0.2, 0) is 81.7 Å². The minimum Gasteiger partial charge on any atom is 0 e. The molecule has 0 fully saturated rings. The Balaban J connectivity index is 0. The summed E-state index contributed by atoms with van der Waals surface area (Å²) in [5.41, 5.74) is 9.23. The monoisotopic (exact) mass is 1500 g/mol. The molecule has 0 spiro atoms. The van der Waals surface area contributed by atoms with Gasteiger partial charge in [0.2, 0.25) is 0 Å². The standard InChI is InChI=1S/2C28H26O2.2F6P.4Pd/c2*1-29-27-19-15-23(16-20-27)9-3-5-11-25-13-7-8-14-26(25)12-6-4-10-24-17-21-28(30-2)22-18-24;2*1-7(2,3,4,5)6;;;;/h2*3-22H,1-2H3;;;;;;/q;;2*-1;;;;/b2*9-3+,10-4+,11-5+,12-6+;;;;;;. The number of rotatable bonds is 16. The van der Waals surface area contributed by atoms with Gasteiger partial charge in [0.1, 0.15) is 23.0 Å². The van der Waals surface area contributed by atoms with E-state index in [1.807, 2.05) is 121 Å². The van der Waals surface area contributed by atoms with E-state index in [-0.39, 0.29) is 81.7 Å². The molecule has 0 bridgehead atoms. The van der Waals surface area contributed by atoms with Crippen LogP contribution in [0.4, 0.5) is 50.4 Å². The molecule has 0 N–H and O–H groups in total. The first-order chi connectivity index (χ1) is 34.5. The Kier molecular flexibility index (Phi) is 31.8. The molecule has 0 saturated carbocycles. The van der Waals surface area contributed by atoms with Gasteiger partial charge in [0.05, 0.1) is 28.4 Å². The number of halogens is 12. The molecular weight excluding hydrogens is 1450 g/mol. The molecule has 436 valence electrons. The summed E-state index contributed by atoms with van der Waals surface area (Å²) in [6.45, 7) is 0. The molecule has 0 aliphatic rings. The number of methoxy groups -OCH3 is 4. The van der Waals surface area contributed by atoms with Crippen molar-refractivity contribution in [1.29, 1.82) is 0 Å². The number of benzene rings is 6. The van der Waals surface area contributed by atoms with Crippen LogP contribution in [-0.4, -0.2) is 28.4 Å². The summed E-state index contributed by atoms with van der Waals surface area (Å²) >= 11 is 0. The fraction of sp³-hybridized carbons (Fsp3) is 0.0714. The van der Waals surface area contributed by atoms with Crippen molar-refractivity contribution in [3.63, 3.8) is 0 Å². The minimum atomic E-state index is -10.7. The Labute approximate surface area is 501 Å². The minimum absolute atomic E-state index is 0. The van der Waals surface area contributed by atoms with E-state index >= 15 is 0 Å². The molecule has 6 aromatic carbocycles. The van der Waals surface area contributed by atoms with Gasteiger partial charge in [-0.1, -0.05) is 194 Å². The van der Waals surface area contributed by atoms with Gasteiger partial charge in [0.15, 0.2) is 0 Å². The van der Waals surface area contributed by atoms with Gasteiger partial charge in [-0.05, 0) is 93.0 Å². The van der Waals surface area contributed by atoms with Crippen molar-refractivity contribution in [1.82, 2.24) is 0 Å². The van der Waals surface area contributed by atoms with Crippen molar-refractivity contribution in [2.75, 3.05) is 28.4 Å². The third-order valence-corrected chi connectivity index (χ3v) is 9.16. The van der Waals surface area contributed by atoms with Gasteiger partial charge >= 0.3 is 66.0 Å². The quantitative estimate of drug-likeness (QED) is 0.0419. The van der Waals surface area contributed by atoms with Crippen LogP contribution in [0.2, 0.25) is 0 Å².